The van der Waals surface area contributed by atoms with E-state index in [1.807, 2.05) is 29.2 Å². The molecule has 34 heavy (non-hydrogen) atoms. The van der Waals surface area contributed by atoms with Gasteiger partial charge in [-0.15, -0.1) is 0 Å². The molecule has 1 aliphatic rings. The number of aryl methyl sites for hydroxylation is 1. The Morgan fingerprint density at radius 3 is 2.44 bits per heavy atom. The minimum absolute atomic E-state index is 0.157. The maximum atomic E-state index is 12.9. The average molecular weight is 474 g/mol. The van der Waals surface area contributed by atoms with E-state index in [2.05, 4.69) is 64.0 Å². The summed E-state index contributed by atoms with van der Waals surface area (Å²) in [5, 5.41) is 1.72. The summed E-state index contributed by atoms with van der Waals surface area (Å²) in [6.07, 6.45) is 2.11. The first kappa shape index (κ1) is 22.4. The zero-order valence-corrected chi connectivity index (χ0v) is 20.2. The first-order chi connectivity index (χ1) is 16.5. The number of hydrogen-bond acceptors (Lipinski definition) is 4. The van der Waals surface area contributed by atoms with Crippen molar-refractivity contribution in [1.29, 1.82) is 0 Å². The van der Waals surface area contributed by atoms with Crippen molar-refractivity contribution in [3.05, 3.63) is 77.1 Å². The summed E-state index contributed by atoms with van der Waals surface area (Å²) >= 11 is 5.99. The molecule has 0 saturated carbocycles. The Kier molecular flexibility index (Phi) is 6.24. The van der Waals surface area contributed by atoms with Gasteiger partial charge < -0.3 is 14.8 Å². The molecule has 174 valence electrons. The van der Waals surface area contributed by atoms with E-state index in [1.165, 1.54) is 5.56 Å². The van der Waals surface area contributed by atoms with Crippen molar-refractivity contribution >= 4 is 34.4 Å². The van der Waals surface area contributed by atoms with Gasteiger partial charge >= 0.3 is 0 Å². The number of H-pyrrole nitrogens is 1. The van der Waals surface area contributed by atoms with Gasteiger partial charge in [0.15, 0.2) is 0 Å². The molecule has 7 heteroatoms. The summed E-state index contributed by atoms with van der Waals surface area (Å²) in [5.41, 5.74) is 5.35. The monoisotopic (exact) mass is 473 g/mol. The highest BCUT2D eigenvalue weighted by Gasteiger charge is 2.25. The second kappa shape index (κ2) is 9.47. The Hall–Kier alpha value is -3.38. The van der Waals surface area contributed by atoms with Crippen LogP contribution in [0.5, 0.6) is 0 Å². The van der Waals surface area contributed by atoms with Crippen LogP contribution in [0.25, 0.3) is 22.3 Å². The van der Waals surface area contributed by atoms with Gasteiger partial charge in [-0.2, -0.15) is 0 Å². The van der Waals surface area contributed by atoms with Crippen molar-refractivity contribution in [2.75, 3.05) is 31.1 Å². The molecular weight excluding hydrogens is 446 g/mol. The van der Waals surface area contributed by atoms with Crippen LogP contribution in [-0.4, -0.2) is 51.9 Å². The highest BCUT2D eigenvalue weighted by Crippen LogP contribution is 2.30. The first-order valence-corrected chi connectivity index (χ1v) is 12.0. The Labute approximate surface area is 204 Å². The largest absolute Gasteiger partial charge is 0.352 e. The highest BCUT2D eigenvalue weighted by molar-refractivity contribution is 6.30. The standard InChI is InChI=1S/C27H28ClN5O/c1-18-3-5-21(6-4-18)24-16-23-26(31-24)29-17-30-27(23)33-13-11-32(12-14-33)25(34)15-19(2)20-7-9-22(28)10-8-20/h3-10,16-17,19H,11-15H2,1-2H3,(H,29,30,31)/t19-/m1/s1. The third-order valence-electron chi connectivity index (χ3n) is 6.62. The Balaban J connectivity index is 1.26. The maximum absolute atomic E-state index is 12.9. The van der Waals surface area contributed by atoms with Crippen LogP contribution in [0, 0.1) is 6.92 Å². The van der Waals surface area contributed by atoms with Crippen molar-refractivity contribution < 1.29 is 4.79 Å². The van der Waals surface area contributed by atoms with Crippen molar-refractivity contribution in [3.63, 3.8) is 0 Å². The number of aromatic nitrogens is 3. The fraction of sp³-hybridized carbons (Fsp3) is 0.296. The molecule has 0 spiro atoms. The number of anilines is 1. The number of benzene rings is 2. The van der Waals surface area contributed by atoms with Crippen molar-refractivity contribution in [2.45, 2.75) is 26.2 Å². The summed E-state index contributed by atoms with van der Waals surface area (Å²) < 4.78 is 0. The highest BCUT2D eigenvalue weighted by atomic mass is 35.5. The molecule has 3 heterocycles. The molecule has 2 aromatic heterocycles. The number of fused-ring (bicyclic) bond motifs is 1. The molecule has 0 radical (unpaired) electrons. The zero-order chi connectivity index (χ0) is 23.7. The molecule has 1 amide bonds. The van der Waals surface area contributed by atoms with Gasteiger partial charge in [0.2, 0.25) is 5.91 Å². The number of rotatable bonds is 5. The molecule has 0 aliphatic carbocycles. The minimum atomic E-state index is 0.157. The molecule has 1 N–H and O–H groups in total. The number of hydrogen-bond donors (Lipinski definition) is 1. The van der Waals surface area contributed by atoms with E-state index < -0.39 is 0 Å². The molecular formula is C27H28ClN5O. The van der Waals surface area contributed by atoms with E-state index in [-0.39, 0.29) is 11.8 Å². The fourth-order valence-corrected chi connectivity index (χ4v) is 4.66. The van der Waals surface area contributed by atoms with Crippen LogP contribution in [0.3, 0.4) is 0 Å². The predicted molar refractivity (Wildman–Crippen MR) is 137 cm³/mol. The second-order valence-corrected chi connectivity index (χ2v) is 9.47. The van der Waals surface area contributed by atoms with Gasteiger partial charge in [-0.1, -0.05) is 60.5 Å². The minimum Gasteiger partial charge on any atom is -0.352 e. The van der Waals surface area contributed by atoms with Crippen LogP contribution in [0.1, 0.15) is 30.4 Å². The van der Waals surface area contributed by atoms with Gasteiger partial charge in [0.05, 0.1) is 5.39 Å². The van der Waals surface area contributed by atoms with E-state index in [0.29, 0.717) is 24.5 Å². The number of aromatic amines is 1. The third kappa shape index (κ3) is 4.64. The third-order valence-corrected chi connectivity index (χ3v) is 6.87. The van der Waals surface area contributed by atoms with Gasteiger partial charge in [0.25, 0.3) is 0 Å². The lowest BCUT2D eigenvalue weighted by molar-refractivity contribution is -0.131. The quantitative estimate of drug-likeness (QED) is 0.419. The van der Waals surface area contributed by atoms with Crippen LogP contribution in [0.4, 0.5) is 5.82 Å². The van der Waals surface area contributed by atoms with Gasteiger partial charge in [-0.25, -0.2) is 9.97 Å². The van der Waals surface area contributed by atoms with E-state index in [1.54, 1.807) is 6.33 Å². The maximum Gasteiger partial charge on any atom is 0.223 e. The van der Waals surface area contributed by atoms with Crippen molar-refractivity contribution in [1.82, 2.24) is 19.9 Å². The van der Waals surface area contributed by atoms with Crippen LogP contribution < -0.4 is 4.90 Å². The van der Waals surface area contributed by atoms with E-state index in [0.717, 1.165) is 46.8 Å². The lowest BCUT2D eigenvalue weighted by Gasteiger charge is -2.36. The predicted octanol–water partition coefficient (Wildman–Crippen LogP) is 5.43. The molecule has 6 nitrogen and oxygen atoms in total. The summed E-state index contributed by atoms with van der Waals surface area (Å²) in [4.78, 5) is 29.6. The van der Waals surface area contributed by atoms with Gasteiger partial charge in [-0.05, 0) is 42.2 Å². The SMILES string of the molecule is Cc1ccc(-c2cc3c(N4CCN(C(=O)C[C@@H](C)c5ccc(Cl)cc5)CC4)ncnc3[nH]2)cc1. The number of carbonyl (C=O) groups excluding carboxylic acids is 1. The lowest BCUT2D eigenvalue weighted by Crippen LogP contribution is -2.49. The van der Waals surface area contributed by atoms with E-state index >= 15 is 0 Å². The number of nitrogens with one attached hydrogen (secondary N) is 1. The van der Waals surface area contributed by atoms with Crippen molar-refractivity contribution in [2.24, 2.45) is 0 Å². The van der Waals surface area contributed by atoms with Crippen LogP contribution in [-0.2, 0) is 4.79 Å². The van der Waals surface area contributed by atoms with Gasteiger partial charge in [0.1, 0.15) is 17.8 Å². The summed E-state index contributed by atoms with van der Waals surface area (Å²) in [5.74, 6) is 1.27. The molecule has 2 aromatic carbocycles. The average Bonchev–Trinajstić information content (AvgIpc) is 3.29. The Bertz CT molecular complexity index is 1290. The van der Waals surface area contributed by atoms with Crippen LogP contribution in [0.15, 0.2) is 60.9 Å². The van der Waals surface area contributed by atoms with E-state index in [4.69, 9.17) is 11.6 Å². The van der Waals surface area contributed by atoms with Gasteiger partial charge in [0, 0.05) is 43.3 Å². The summed E-state index contributed by atoms with van der Waals surface area (Å²) in [6, 6.07) is 18.3. The normalized spacial score (nSPS) is 15.0. The Morgan fingerprint density at radius 1 is 1.03 bits per heavy atom. The van der Waals surface area contributed by atoms with E-state index in [9.17, 15) is 4.79 Å². The molecule has 0 unspecified atom stereocenters. The molecule has 4 aromatic rings. The van der Waals surface area contributed by atoms with Gasteiger partial charge in [-0.3, -0.25) is 4.79 Å². The molecule has 1 saturated heterocycles. The molecule has 1 aliphatic heterocycles. The fourth-order valence-electron chi connectivity index (χ4n) is 4.54. The molecule has 0 bridgehead atoms. The lowest BCUT2D eigenvalue weighted by atomic mass is 9.97. The number of piperazine rings is 1. The number of carbonyl (C=O) groups is 1. The van der Waals surface area contributed by atoms with Crippen molar-refractivity contribution in [3.8, 4) is 11.3 Å². The van der Waals surface area contributed by atoms with Crippen LogP contribution in [0.2, 0.25) is 5.02 Å². The number of amides is 1. The zero-order valence-electron chi connectivity index (χ0n) is 19.5. The summed E-state index contributed by atoms with van der Waals surface area (Å²) in [6.45, 7) is 7.05. The van der Waals surface area contributed by atoms with Crippen LogP contribution >= 0.6 is 11.6 Å². The second-order valence-electron chi connectivity index (χ2n) is 9.03. The Morgan fingerprint density at radius 2 is 1.74 bits per heavy atom. The molecule has 1 atom stereocenters. The summed E-state index contributed by atoms with van der Waals surface area (Å²) in [7, 11) is 0. The number of halogens is 1. The first-order valence-electron chi connectivity index (χ1n) is 11.7. The number of nitrogens with zero attached hydrogens (tertiary/aromatic N) is 4. The topological polar surface area (TPSA) is 65.1 Å². The molecule has 1 fully saturated rings. The molecule has 5 rings (SSSR count). The smallest absolute Gasteiger partial charge is 0.223 e.